The van der Waals surface area contributed by atoms with Gasteiger partial charge in [-0.25, -0.2) is 4.79 Å². The number of carbonyl (C=O) groups excluding carboxylic acids is 1. The molecule has 0 aromatic carbocycles. The quantitative estimate of drug-likeness (QED) is 0.856. The monoisotopic (exact) mass is 316 g/mol. The summed E-state index contributed by atoms with van der Waals surface area (Å²) in [7, 11) is 0. The number of carbonyl (C=O) groups is 1. The normalized spacial score (nSPS) is 30.4. The van der Waals surface area contributed by atoms with E-state index in [0.717, 1.165) is 44.3 Å². The lowest BCUT2D eigenvalue weighted by Crippen LogP contribution is -2.50. The fourth-order valence-electron chi connectivity index (χ4n) is 4.34. The van der Waals surface area contributed by atoms with Gasteiger partial charge < -0.3 is 14.4 Å². The van der Waals surface area contributed by atoms with Crippen LogP contribution < -0.4 is 4.74 Å². The van der Waals surface area contributed by atoms with E-state index in [4.69, 9.17) is 9.47 Å². The maximum Gasteiger partial charge on any atom is 0.410 e. The smallest absolute Gasteiger partial charge is 0.410 e. The first-order chi connectivity index (χ1) is 11.3. The Balaban J connectivity index is 1.37. The highest BCUT2D eigenvalue weighted by atomic mass is 16.6. The molecule has 1 aliphatic carbocycles. The van der Waals surface area contributed by atoms with Gasteiger partial charge in [-0.3, -0.25) is 4.98 Å². The molecule has 3 fully saturated rings. The van der Waals surface area contributed by atoms with Gasteiger partial charge in [0.05, 0.1) is 6.20 Å². The number of hydrogen-bond acceptors (Lipinski definition) is 4. The second kappa shape index (κ2) is 6.38. The lowest BCUT2D eigenvalue weighted by atomic mass is 10.0. The van der Waals surface area contributed by atoms with Crippen LogP contribution in [0.3, 0.4) is 0 Å². The molecule has 5 nitrogen and oxygen atoms in total. The Kier molecular flexibility index (Phi) is 4.10. The standard InChI is InChI=1S/C18H24N2O3/c21-18(23-15-4-1-2-5-15)20-13-7-8-14(20)11-17(10-13)22-16-6-3-9-19-12-16/h3,6,9,12-15,17H,1-2,4-5,7-8,10-11H2. The summed E-state index contributed by atoms with van der Waals surface area (Å²) < 4.78 is 11.8. The Hall–Kier alpha value is -1.78. The average Bonchev–Trinajstić information content (AvgIpc) is 3.15. The van der Waals surface area contributed by atoms with Crippen molar-refractivity contribution in [3.8, 4) is 5.75 Å². The van der Waals surface area contributed by atoms with E-state index in [0.29, 0.717) is 0 Å². The number of piperidine rings is 1. The van der Waals surface area contributed by atoms with Gasteiger partial charge in [0.2, 0.25) is 0 Å². The lowest BCUT2D eigenvalue weighted by Gasteiger charge is -2.38. The van der Waals surface area contributed by atoms with Gasteiger partial charge in [-0.15, -0.1) is 0 Å². The Morgan fingerprint density at radius 3 is 2.48 bits per heavy atom. The van der Waals surface area contributed by atoms with E-state index in [2.05, 4.69) is 4.98 Å². The van der Waals surface area contributed by atoms with Crippen LogP contribution in [-0.2, 0) is 4.74 Å². The fourth-order valence-corrected chi connectivity index (χ4v) is 4.34. The Bertz CT molecular complexity index is 530. The summed E-state index contributed by atoms with van der Waals surface area (Å²) in [5, 5.41) is 0. The Morgan fingerprint density at radius 1 is 1.09 bits per heavy atom. The number of hydrogen-bond donors (Lipinski definition) is 0. The molecular formula is C18H24N2O3. The zero-order valence-corrected chi connectivity index (χ0v) is 13.4. The van der Waals surface area contributed by atoms with Gasteiger partial charge in [0.15, 0.2) is 0 Å². The van der Waals surface area contributed by atoms with Crippen LogP contribution in [0, 0.1) is 0 Å². The van der Waals surface area contributed by atoms with E-state index < -0.39 is 0 Å². The molecule has 2 saturated heterocycles. The zero-order chi connectivity index (χ0) is 15.6. The van der Waals surface area contributed by atoms with Crippen molar-refractivity contribution in [1.29, 1.82) is 0 Å². The summed E-state index contributed by atoms with van der Waals surface area (Å²) in [5.74, 6) is 0.818. The number of ether oxygens (including phenoxy) is 2. The average molecular weight is 316 g/mol. The second-order valence-corrected chi connectivity index (χ2v) is 6.98. The van der Waals surface area contributed by atoms with Gasteiger partial charge in [-0.05, 0) is 50.7 Å². The molecule has 3 heterocycles. The minimum absolute atomic E-state index is 0.0933. The van der Waals surface area contributed by atoms with Crippen LogP contribution in [0.15, 0.2) is 24.5 Å². The van der Waals surface area contributed by atoms with E-state index in [1.807, 2.05) is 17.0 Å². The minimum Gasteiger partial charge on any atom is -0.489 e. The van der Waals surface area contributed by atoms with Crippen molar-refractivity contribution < 1.29 is 14.3 Å². The molecule has 0 radical (unpaired) electrons. The highest BCUT2D eigenvalue weighted by Gasteiger charge is 2.45. The molecule has 1 aromatic rings. The molecule has 0 N–H and O–H groups in total. The fraction of sp³-hybridized carbons (Fsp3) is 0.667. The first-order valence-corrected chi connectivity index (χ1v) is 8.85. The summed E-state index contributed by atoms with van der Waals surface area (Å²) in [5.41, 5.74) is 0. The van der Waals surface area contributed by atoms with Gasteiger partial charge in [-0.1, -0.05) is 0 Å². The van der Waals surface area contributed by atoms with Crippen LogP contribution in [0.25, 0.3) is 0 Å². The van der Waals surface area contributed by atoms with E-state index >= 15 is 0 Å². The highest BCUT2D eigenvalue weighted by molar-refractivity contribution is 5.69. The molecule has 2 bridgehead atoms. The van der Waals surface area contributed by atoms with Crippen LogP contribution >= 0.6 is 0 Å². The second-order valence-electron chi connectivity index (χ2n) is 6.98. The Morgan fingerprint density at radius 2 is 1.83 bits per heavy atom. The minimum atomic E-state index is -0.0933. The van der Waals surface area contributed by atoms with E-state index in [1.165, 1.54) is 12.8 Å². The summed E-state index contributed by atoms with van der Waals surface area (Å²) in [6.07, 6.45) is 12.1. The first kappa shape index (κ1) is 14.8. The highest BCUT2D eigenvalue weighted by Crippen LogP contribution is 2.38. The number of aromatic nitrogens is 1. The molecule has 5 heteroatoms. The largest absolute Gasteiger partial charge is 0.489 e. The van der Waals surface area contributed by atoms with Gasteiger partial charge in [0, 0.05) is 31.1 Å². The molecule has 0 spiro atoms. The van der Waals surface area contributed by atoms with Crippen molar-refractivity contribution in [1.82, 2.24) is 9.88 Å². The SMILES string of the molecule is O=C(OC1CCCC1)N1C2CCC1CC(Oc1cccnc1)C2. The van der Waals surface area contributed by atoms with E-state index in [9.17, 15) is 4.79 Å². The number of amides is 1. The van der Waals surface area contributed by atoms with Crippen molar-refractivity contribution in [2.24, 2.45) is 0 Å². The first-order valence-electron chi connectivity index (χ1n) is 8.85. The number of pyridine rings is 1. The van der Waals surface area contributed by atoms with Crippen LogP contribution in [0.5, 0.6) is 5.75 Å². The van der Waals surface area contributed by atoms with Crippen LogP contribution in [0.4, 0.5) is 4.79 Å². The zero-order valence-electron chi connectivity index (χ0n) is 13.4. The Labute approximate surface area is 137 Å². The molecule has 124 valence electrons. The molecule has 4 rings (SSSR count). The van der Waals surface area contributed by atoms with Crippen molar-refractivity contribution in [2.75, 3.05) is 0 Å². The predicted molar refractivity (Wildman–Crippen MR) is 85.3 cm³/mol. The van der Waals surface area contributed by atoms with Crippen LogP contribution in [0.2, 0.25) is 0 Å². The van der Waals surface area contributed by atoms with Gasteiger partial charge in [0.25, 0.3) is 0 Å². The van der Waals surface area contributed by atoms with Crippen molar-refractivity contribution >= 4 is 6.09 Å². The topological polar surface area (TPSA) is 51.7 Å². The molecule has 1 aromatic heterocycles. The third-order valence-corrected chi connectivity index (χ3v) is 5.41. The van der Waals surface area contributed by atoms with E-state index in [-0.39, 0.29) is 30.4 Å². The molecule has 2 unspecified atom stereocenters. The molecule has 1 amide bonds. The molecular weight excluding hydrogens is 292 g/mol. The van der Waals surface area contributed by atoms with Crippen molar-refractivity contribution in [3.05, 3.63) is 24.5 Å². The number of fused-ring (bicyclic) bond motifs is 2. The lowest BCUT2D eigenvalue weighted by molar-refractivity contribution is 0.0164. The van der Waals surface area contributed by atoms with Crippen molar-refractivity contribution in [3.63, 3.8) is 0 Å². The summed E-state index contributed by atoms with van der Waals surface area (Å²) >= 11 is 0. The summed E-state index contributed by atoms with van der Waals surface area (Å²) in [6, 6.07) is 4.36. The maximum atomic E-state index is 12.5. The maximum absolute atomic E-state index is 12.5. The summed E-state index contributed by atoms with van der Waals surface area (Å²) in [4.78, 5) is 18.6. The van der Waals surface area contributed by atoms with Gasteiger partial charge in [-0.2, -0.15) is 0 Å². The van der Waals surface area contributed by atoms with Crippen LogP contribution in [0.1, 0.15) is 51.4 Å². The van der Waals surface area contributed by atoms with Crippen molar-refractivity contribution in [2.45, 2.75) is 75.7 Å². The number of rotatable bonds is 3. The molecule has 23 heavy (non-hydrogen) atoms. The van der Waals surface area contributed by atoms with Crippen LogP contribution in [-0.4, -0.2) is 40.3 Å². The predicted octanol–water partition coefficient (Wildman–Crippen LogP) is 3.54. The molecule has 2 aliphatic heterocycles. The summed E-state index contributed by atoms with van der Waals surface area (Å²) in [6.45, 7) is 0. The van der Waals surface area contributed by atoms with Gasteiger partial charge >= 0.3 is 6.09 Å². The third kappa shape index (κ3) is 3.14. The molecule has 1 saturated carbocycles. The number of nitrogens with zero attached hydrogens (tertiary/aromatic N) is 2. The van der Waals surface area contributed by atoms with E-state index in [1.54, 1.807) is 12.4 Å². The third-order valence-electron chi connectivity index (χ3n) is 5.41. The molecule has 2 atom stereocenters. The molecule has 3 aliphatic rings. The van der Waals surface area contributed by atoms with Gasteiger partial charge in [0.1, 0.15) is 18.0 Å².